The molecule has 0 saturated carbocycles. The molecule has 3 rings (SSSR count). The van der Waals surface area contributed by atoms with E-state index in [1.165, 1.54) is 24.3 Å². The van der Waals surface area contributed by atoms with Gasteiger partial charge in [-0.15, -0.1) is 10.2 Å². The maximum atomic E-state index is 12.9. The fourth-order valence-electron chi connectivity index (χ4n) is 2.30. The highest BCUT2D eigenvalue weighted by Gasteiger charge is 2.05. The first kappa shape index (κ1) is 18.2. The number of aromatic nitrogens is 3. The maximum Gasteiger partial charge on any atom is 0.251 e. The fourth-order valence-corrected chi connectivity index (χ4v) is 2.30. The van der Waals surface area contributed by atoms with Crippen molar-refractivity contribution in [3.63, 3.8) is 0 Å². The fraction of sp³-hybridized carbons (Fsp3) is 0.158. The lowest BCUT2D eigenvalue weighted by Crippen LogP contribution is -2.28. The summed E-state index contributed by atoms with van der Waals surface area (Å²) in [7, 11) is 0. The molecule has 0 saturated heterocycles. The lowest BCUT2D eigenvalue weighted by atomic mass is 10.2. The molecule has 0 unspecified atom stereocenters. The predicted molar refractivity (Wildman–Crippen MR) is 102 cm³/mol. The number of rotatable bonds is 7. The Kier molecular flexibility index (Phi) is 5.88. The van der Waals surface area contributed by atoms with Crippen LogP contribution in [0.2, 0.25) is 0 Å². The largest absolute Gasteiger partial charge is 0.367 e. The summed E-state index contributed by atoms with van der Waals surface area (Å²) in [5.41, 5.74) is 1.51. The van der Waals surface area contributed by atoms with E-state index in [0.717, 1.165) is 5.56 Å². The number of anilines is 3. The number of hydrogen-bond acceptors (Lipinski definition) is 6. The van der Waals surface area contributed by atoms with Crippen molar-refractivity contribution in [2.24, 2.45) is 0 Å². The molecular weight excluding hydrogens is 347 g/mol. The number of nitrogens with zero attached hydrogens (tertiary/aromatic N) is 3. The van der Waals surface area contributed by atoms with Crippen molar-refractivity contribution in [3.05, 3.63) is 71.7 Å². The van der Waals surface area contributed by atoms with E-state index in [9.17, 15) is 9.18 Å². The van der Waals surface area contributed by atoms with Crippen LogP contribution in [0.4, 0.5) is 21.8 Å². The van der Waals surface area contributed by atoms with Gasteiger partial charge < -0.3 is 16.0 Å². The summed E-state index contributed by atoms with van der Waals surface area (Å²) >= 11 is 0. The molecule has 2 heterocycles. The summed E-state index contributed by atoms with van der Waals surface area (Å²) in [5, 5.41) is 17.1. The Hall–Kier alpha value is -3.55. The normalized spacial score (nSPS) is 10.3. The Labute approximate surface area is 156 Å². The van der Waals surface area contributed by atoms with Crippen molar-refractivity contribution in [2.45, 2.75) is 6.92 Å². The van der Waals surface area contributed by atoms with Gasteiger partial charge in [0.15, 0.2) is 5.82 Å². The zero-order valence-corrected chi connectivity index (χ0v) is 14.7. The predicted octanol–water partition coefficient (Wildman–Crippen LogP) is 2.90. The number of halogens is 1. The number of benzene rings is 1. The first-order valence-corrected chi connectivity index (χ1v) is 8.41. The van der Waals surface area contributed by atoms with Gasteiger partial charge in [-0.05, 0) is 61.0 Å². The number of pyridine rings is 1. The van der Waals surface area contributed by atoms with Gasteiger partial charge in [-0.1, -0.05) is 0 Å². The molecule has 0 aliphatic heterocycles. The average molecular weight is 366 g/mol. The van der Waals surface area contributed by atoms with Crippen molar-refractivity contribution in [2.75, 3.05) is 23.7 Å². The van der Waals surface area contributed by atoms with Crippen LogP contribution in [-0.2, 0) is 0 Å². The van der Waals surface area contributed by atoms with Gasteiger partial charge in [0.2, 0.25) is 0 Å². The summed E-state index contributed by atoms with van der Waals surface area (Å²) in [6, 6.07) is 12.8. The van der Waals surface area contributed by atoms with Crippen molar-refractivity contribution in [1.82, 2.24) is 20.5 Å². The Morgan fingerprint density at radius 3 is 2.41 bits per heavy atom. The van der Waals surface area contributed by atoms with Gasteiger partial charge in [0.25, 0.3) is 5.91 Å². The minimum absolute atomic E-state index is 0.256. The lowest BCUT2D eigenvalue weighted by Gasteiger charge is -2.08. The lowest BCUT2D eigenvalue weighted by molar-refractivity contribution is 0.0955. The zero-order chi connectivity index (χ0) is 19.1. The van der Waals surface area contributed by atoms with Gasteiger partial charge in [0.1, 0.15) is 17.5 Å². The number of aryl methyl sites for hydroxylation is 1. The molecule has 1 amide bonds. The van der Waals surface area contributed by atoms with Crippen LogP contribution in [0.5, 0.6) is 0 Å². The van der Waals surface area contributed by atoms with Gasteiger partial charge in [-0.2, -0.15) is 0 Å². The first-order chi connectivity index (χ1) is 13.1. The first-order valence-electron chi connectivity index (χ1n) is 8.41. The van der Waals surface area contributed by atoms with Crippen LogP contribution in [0.25, 0.3) is 0 Å². The van der Waals surface area contributed by atoms with Crippen LogP contribution in [0.1, 0.15) is 15.9 Å². The number of carbonyl (C=O) groups excluding carboxylic acids is 1. The maximum absolute atomic E-state index is 12.9. The molecular formula is C19H19FN6O. The van der Waals surface area contributed by atoms with Gasteiger partial charge in [-0.3, -0.25) is 4.79 Å². The van der Waals surface area contributed by atoms with Crippen LogP contribution >= 0.6 is 0 Å². The van der Waals surface area contributed by atoms with E-state index in [1.54, 1.807) is 18.3 Å². The third-order valence-corrected chi connectivity index (χ3v) is 3.66. The number of nitrogens with one attached hydrogen (secondary N) is 3. The van der Waals surface area contributed by atoms with E-state index in [-0.39, 0.29) is 11.7 Å². The second-order valence-electron chi connectivity index (χ2n) is 5.84. The number of amides is 1. The minimum atomic E-state index is -0.372. The summed E-state index contributed by atoms with van der Waals surface area (Å²) in [4.78, 5) is 16.1. The standard InChI is InChI=1S/C19H19FN6O/c1-13-8-9-21-18(12-13)24-17-7-6-16(25-26-17)22-10-11-23-19(27)14-2-4-15(20)5-3-14/h2-9,12H,10-11H2,1H3,(H,22,25)(H,23,27)(H,21,24,26). The Morgan fingerprint density at radius 1 is 0.963 bits per heavy atom. The molecule has 27 heavy (non-hydrogen) atoms. The molecule has 0 aliphatic carbocycles. The zero-order valence-electron chi connectivity index (χ0n) is 14.7. The summed E-state index contributed by atoms with van der Waals surface area (Å²) < 4.78 is 12.9. The van der Waals surface area contributed by atoms with Crippen LogP contribution < -0.4 is 16.0 Å². The molecule has 7 nitrogen and oxygen atoms in total. The highest BCUT2D eigenvalue weighted by Crippen LogP contribution is 2.13. The third kappa shape index (κ3) is 5.46. The topological polar surface area (TPSA) is 91.8 Å². The van der Waals surface area contributed by atoms with E-state index in [4.69, 9.17) is 0 Å². The average Bonchev–Trinajstić information content (AvgIpc) is 2.67. The minimum Gasteiger partial charge on any atom is -0.367 e. The quantitative estimate of drug-likeness (QED) is 0.557. The Balaban J connectivity index is 1.43. The molecule has 0 aliphatic rings. The molecule has 0 fully saturated rings. The molecule has 0 atom stereocenters. The second-order valence-corrected chi connectivity index (χ2v) is 5.84. The third-order valence-electron chi connectivity index (χ3n) is 3.66. The molecule has 1 aromatic carbocycles. The molecule has 8 heteroatoms. The summed E-state index contributed by atoms with van der Waals surface area (Å²) in [6.07, 6.45) is 1.72. The van der Waals surface area contributed by atoms with Crippen molar-refractivity contribution in [3.8, 4) is 0 Å². The Bertz CT molecular complexity index is 899. The van der Waals surface area contributed by atoms with Gasteiger partial charge in [-0.25, -0.2) is 9.37 Å². The monoisotopic (exact) mass is 366 g/mol. The summed E-state index contributed by atoms with van der Waals surface area (Å²) in [6.45, 7) is 2.86. The Morgan fingerprint density at radius 2 is 1.70 bits per heavy atom. The van der Waals surface area contributed by atoms with E-state index < -0.39 is 0 Å². The van der Waals surface area contributed by atoms with Crippen molar-refractivity contribution >= 4 is 23.4 Å². The molecule has 2 aromatic heterocycles. The van der Waals surface area contributed by atoms with E-state index >= 15 is 0 Å². The molecule has 138 valence electrons. The smallest absolute Gasteiger partial charge is 0.251 e. The molecule has 0 spiro atoms. The van der Waals surface area contributed by atoms with E-state index in [1.807, 2.05) is 19.1 Å². The number of carbonyl (C=O) groups is 1. The van der Waals surface area contributed by atoms with Gasteiger partial charge >= 0.3 is 0 Å². The van der Waals surface area contributed by atoms with E-state index in [0.29, 0.717) is 36.1 Å². The molecule has 0 bridgehead atoms. The van der Waals surface area contributed by atoms with Crippen molar-refractivity contribution < 1.29 is 9.18 Å². The second kappa shape index (κ2) is 8.70. The molecule has 0 radical (unpaired) electrons. The van der Waals surface area contributed by atoms with E-state index in [2.05, 4.69) is 31.1 Å². The SMILES string of the molecule is Cc1ccnc(Nc2ccc(NCCNC(=O)c3ccc(F)cc3)nn2)c1. The highest BCUT2D eigenvalue weighted by molar-refractivity contribution is 5.94. The summed E-state index contributed by atoms with van der Waals surface area (Å²) in [5.74, 6) is 1.25. The van der Waals surface area contributed by atoms with Gasteiger partial charge in [0.05, 0.1) is 0 Å². The van der Waals surface area contributed by atoms with Crippen LogP contribution in [0.3, 0.4) is 0 Å². The molecule has 3 N–H and O–H groups in total. The number of hydrogen-bond donors (Lipinski definition) is 3. The van der Waals surface area contributed by atoms with Crippen LogP contribution in [-0.4, -0.2) is 34.2 Å². The van der Waals surface area contributed by atoms with Crippen LogP contribution in [0.15, 0.2) is 54.7 Å². The van der Waals surface area contributed by atoms with Gasteiger partial charge in [0, 0.05) is 24.8 Å². The van der Waals surface area contributed by atoms with Crippen molar-refractivity contribution in [1.29, 1.82) is 0 Å². The molecule has 3 aromatic rings. The van der Waals surface area contributed by atoms with Crippen LogP contribution in [0, 0.1) is 12.7 Å². The highest BCUT2D eigenvalue weighted by atomic mass is 19.1.